The molecule has 5 heteroatoms. The normalized spacial score (nSPS) is 14.7. The van der Waals surface area contributed by atoms with Gasteiger partial charge < -0.3 is 14.8 Å². The Balaban J connectivity index is 2.08. The van der Waals surface area contributed by atoms with Crippen LogP contribution in [0.25, 0.3) is 27.4 Å². The minimum atomic E-state index is -1.15. The molecule has 0 saturated heterocycles. The number of carbonyl (C=O) groups is 1. The fourth-order valence-electron chi connectivity index (χ4n) is 2.92. The zero-order valence-corrected chi connectivity index (χ0v) is 11.1. The number of aliphatic hydroxyl groups is 1. The lowest BCUT2D eigenvalue weighted by atomic mass is 10.1. The third-order valence-electron chi connectivity index (χ3n) is 3.91. The van der Waals surface area contributed by atoms with Crippen LogP contribution in [0.5, 0.6) is 0 Å². The molecule has 2 N–H and O–H groups in total. The van der Waals surface area contributed by atoms with Crippen LogP contribution in [-0.4, -0.2) is 25.7 Å². The molecule has 1 aliphatic heterocycles. The van der Waals surface area contributed by atoms with Crippen molar-refractivity contribution in [2.45, 2.75) is 13.0 Å². The molecular weight excluding hydrogens is 268 g/mol. The number of rotatable bonds is 1. The van der Waals surface area contributed by atoms with Crippen LogP contribution in [0.2, 0.25) is 0 Å². The molecular formula is C16H12N2O3. The van der Waals surface area contributed by atoms with Gasteiger partial charge in [0.05, 0.1) is 11.0 Å². The molecule has 0 saturated carbocycles. The molecule has 0 atom stereocenters. The van der Waals surface area contributed by atoms with Crippen LogP contribution in [0.4, 0.5) is 0 Å². The number of nitrogens with zero attached hydrogens (tertiary/aromatic N) is 2. The fourth-order valence-corrected chi connectivity index (χ4v) is 2.92. The predicted molar refractivity (Wildman–Crippen MR) is 79.0 cm³/mol. The molecule has 4 rings (SSSR count). The SMILES string of the molecule is O=C(O)C1=C(O)CCn2c1nc1cc3ccccc3cc12. The molecule has 21 heavy (non-hydrogen) atoms. The molecule has 104 valence electrons. The number of imidazole rings is 1. The van der Waals surface area contributed by atoms with Gasteiger partial charge in [-0.3, -0.25) is 0 Å². The van der Waals surface area contributed by atoms with Crippen molar-refractivity contribution in [1.29, 1.82) is 0 Å². The number of fused-ring (bicyclic) bond motifs is 4. The highest BCUT2D eigenvalue weighted by Gasteiger charge is 2.27. The maximum atomic E-state index is 11.4. The lowest BCUT2D eigenvalue weighted by Gasteiger charge is -2.16. The van der Waals surface area contributed by atoms with Gasteiger partial charge in [-0.25, -0.2) is 9.78 Å². The zero-order chi connectivity index (χ0) is 14.6. The Morgan fingerprint density at radius 1 is 1.19 bits per heavy atom. The van der Waals surface area contributed by atoms with E-state index in [2.05, 4.69) is 4.98 Å². The van der Waals surface area contributed by atoms with Crippen molar-refractivity contribution in [2.75, 3.05) is 0 Å². The molecule has 3 aromatic rings. The Morgan fingerprint density at radius 3 is 2.62 bits per heavy atom. The van der Waals surface area contributed by atoms with Gasteiger partial charge in [0.2, 0.25) is 0 Å². The van der Waals surface area contributed by atoms with E-state index in [-0.39, 0.29) is 11.3 Å². The number of aliphatic carboxylic acids is 1. The highest BCUT2D eigenvalue weighted by atomic mass is 16.4. The maximum Gasteiger partial charge on any atom is 0.342 e. The number of benzene rings is 2. The summed E-state index contributed by atoms with van der Waals surface area (Å²) < 4.78 is 1.87. The van der Waals surface area contributed by atoms with Gasteiger partial charge >= 0.3 is 5.97 Å². The van der Waals surface area contributed by atoms with E-state index in [9.17, 15) is 15.0 Å². The first-order valence-electron chi connectivity index (χ1n) is 6.70. The molecule has 2 aromatic carbocycles. The quantitative estimate of drug-likeness (QED) is 0.718. The van der Waals surface area contributed by atoms with E-state index in [0.29, 0.717) is 18.8 Å². The van der Waals surface area contributed by atoms with E-state index in [4.69, 9.17) is 0 Å². The van der Waals surface area contributed by atoms with E-state index < -0.39 is 5.97 Å². The molecule has 0 aliphatic carbocycles. The van der Waals surface area contributed by atoms with E-state index in [1.165, 1.54) is 0 Å². The summed E-state index contributed by atoms with van der Waals surface area (Å²) in [6.07, 6.45) is 0.312. The number of aromatic nitrogens is 2. The van der Waals surface area contributed by atoms with Gasteiger partial charge in [0.25, 0.3) is 0 Å². The van der Waals surface area contributed by atoms with Crippen molar-refractivity contribution < 1.29 is 15.0 Å². The van der Waals surface area contributed by atoms with Crippen LogP contribution in [0.15, 0.2) is 42.2 Å². The summed E-state index contributed by atoms with van der Waals surface area (Å²) in [6, 6.07) is 11.9. The smallest absolute Gasteiger partial charge is 0.342 e. The Labute approximate surface area is 119 Å². The first kappa shape index (κ1) is 12.0. The molecule has 0 amide bonds. The molecule has 0 bridgehead atoms. The topological polar surface area (TPSA) is 75.3 Å². The van der Waals surface area contributed by atoms with E-state index in [0.717, 1.165) is 21.8 Å². The lowest BCUT2D eigenvalue weighted by Crippen LogP contribution is -2.16. The second-order valence-electron chi connectivity index (χ2n) is 5.15. The van der Waals surface area contributed by atoms with Crippen molar-refractivity contribution in [3.63, 3.8) is 0 Å². The van der Waals surface area contributed by atoms with Crippen LogP contribution in [0.3, 0.4) is 0 Å². The summed E-state index contributed by atoms with van der Waals surface area (Å²) >= 11 is 0. The maximum absolute atomic E-state index is 11.4. The highest BCUT2D eigenvalue weighted by molar-refractivity contribution is 6.16. The van der Waals surface area contributed by atoms with E-state index in [1.54, 1.807) is 0 Å². The van der Waals surface area contributed by atoms with E-state index in [1.807, 2.05) is 41.0 Å². The Hall–Kier alpha value is -2.82. The number of aryl methyl sites for hydroxylation is 1. The molecule has 1 aromatic heterocycles. The summed E-state index contributed by atoms with van der Waals surface area (Å²) in [5.74, 6) is -0.917. The number of hydrogen-bond acceptors (Lipinski definition) is 3. The highest BCUT2D eigenvalue weighted by Crippen LogP contribution is 2.31. The van der Waals surface area contributed by atoms with Gasteiger partial charge in [-0.15, -0.1) is 0 Å². The number of carboxylic acid groups (broad SMARTS) is 1. The molecule has 0 unspecified atom stereocenters. The van der Waals surface area contributed by atoms with Crippen LogP contribution in [0.1, 0.15) is 12.2 Å². The first-order chi connectivity index (χ1) is 10.1. The van der Waals surface area contributed by atoms with Crippen LogP contribution < -0.4 is 0 Å². The van der Waals surface area contributed by atoms with Gasteiger partial charge in [0.1, 0.15) is 11.3 Å². The standard InChI is InChI=1S/C16H12N2O3/c19-13-5-6-18-12-8-10-4-2-1-3-9(10)7-11(12)17-15(18)14(13)16(20)21/h1-4,7-8,19H,5-6H2,(H,20,21). The summed E-state index contributed by atoms with van der Waals surface area (Å²) in [4.78, 5) is 15.8. The molecule has 2 heterocycles. The zero-order valence-electron chi connectivity index (χ0n) is 11.1. The number of allylic oxidation sites excluding steroid dienone is 1. The lowest BCUT2D eigenvalue weighted by molar-refractivity contribution is -0.130. The molecule has 0 radical (unpaired) electrons. The van der Waals surface area contributed by atoms with Crippen molar-refractivity contribution in [3.05, 3.63) is 48.0 Å². The van der Waals surface area contributed by atoms with Crippen molar-refractivity contribution in [3.8, 4) is 0 Å². The average Bonchev–Trinajstić information content (AvgIpc) is 2.81. The summed E-state index contributed by atoms with van der Waals surface area (Å²) in [5.41, 5.74) is 1.55. The third-order valence-corrected chi connectivity index (χ3v) is 3.91. The Kier molecular flexibility index (Phi) is 2.33. The van der Waals surface area contributed by atoms with Crippen LogP contribution in [0, 0.1) is 0 Å². The Morgan fingerprint density at radius 2 is 1.90 bits per heavy atom. The first-order valence-corrected chi connectivity index (χ1v) is 6.70. The van der Waals surface area contributed by atoms with E-state index >= 15 is 0 Å². The minimum absolute atomic E-state index is 0.0958. The van der Waals surface area contributed by atoms with Gasteiger partial charge in [-0.1, -0.05) is 24.3 Å². The number of aliphatic hydroxyl groups excluding tert-OH is 1. The average molecular weight is 280 g/mol. The summed E-state index contributed by atoms with van der Waals surface area (Å²) in [6.45, 7) is 0.535. The Bertz CT molecular complexity index is 937. The van der Waals surface area contributed by atoms with Gasteiger partial charge in [-0.2, -0.15) is 0 Å². The summed E-state index contributed by atoms with van der Waals surface area (Å²) in [7, 11) is 0. The summed E-state index contributed by atoms with van der Waals surface area (Å²) in [5, 5.41) is 21.3. The van der Waals surface area contributed by atoms with Crippen molar-refractivity contribution in [1.82, 2.24) is 9.55 Å². The minimum Gasteiger partial charge on any atom is -0.511 e. The molecule has 0 fully saturated rings. The fraction of sp³-hybridized carbons (Fsp3) is 0.125. The molecule has 0 spiro atoms. The largest absolute Gasteiger partial charge is 0.511 e. The van der Waals surface area contributed by atoms with Crippen molar-refractivity contribution in [2.24, 2.45) is 0 Å². The molecule has 1 aliphatic rings. The van der Waals surface area contributed by atoms with Gasteiger partial charge in [0, 0.05) is 13.0 Å². The predicted octanol–water partition coefficient (Wildman–Crippen LogP) is 2.95. The van der Waals surface area contributed by atoms with Crippen molar-refractivity contribution >= 4 is 33.3 Å². The number of hydrogen-bond donors (Lipinski definition) is 2. The molecule has 5 nitrogen and oxygen atoms in total. The second-order valence-corrected chi connectivity index (χ2v) is 5.15. The van der Waals surface area contributed by atoms with Crippen LogP contribution >= 0.6 is 0 Å². The van der Waals surface area contributed by atoms with Gasteiger partial charge in [-0.05, 0) is 22.9 Å². The van der Waals surface area contributed by atoms with Crippen LogP contribution in [-0.2, 0) is 11.3 Å². The number of carboxylic acids is 1. The second kappa shape index (κ2) is 4.09. The van der Waals surface area contributed by atoms with Gasteiger partial charge in [0.15, 0.2) is 5.82 Å². The monoisotopic (exact) mass is 280 g/mol. The third kappa shape index (κ3) is 1.64.